The highest BCUT2D eigenvalue weighted by Gasteiger charge is 2.41. The van der Waals surface area contributed by atoms with Crippen LogP contribution in [0.4, 0.5) is 18.0 Å². The number of benzene rings is 1. The van der Waals surface area contributed by atoms with E-state index in [2.05, 4.69) is 0 Å². The summed E-state index contributed by atoms with van der Waals surface area (Å²) in [6.07, 6.45) is -6.36. The second kappa shape index (κ2) is 9.91. The second-order valence-corrected chi connectivity index (χ2v) is 9.98. The number of morpholine rings is 1. The van der Waals surface area contributed by atoms with Crippen LogP contribution >= 0.6 is 11.6 Å². The van der Waals surface area contributed by atoms with Gasteiger partial charge < -0.3 is 24.0 Å². The summed E-state index contributed by atoms with van der Waals surface area (Å²) in [5.74, 6) is -0.372. The minimum absolute atomic E-state index is 0.00915. The molecule has 1 aromatic carbocycles. The summed E-state index contributed by atoms with van der Waals surface area (Å²) >= 11 is 6.24. The first-order chi connectivity index (χ1) is 15.7. The zero-order valence-corrected chi connectivity index (χ0v) is 20.6. The van der Waals surface area contributed by atoms with Crippen LogP contribution in [0.15, 0.2) is 12.1 Å². The van der Waals surface area contributed by atoms with Crippen molar-refractivity contribution < 1.29 is 37.0 Å². The summed E-state index contributed by atoms with van der Waals surface area (Å²) in [5, 5.41) is -0.0352. The van der Waals surface area contributed by atoms with E-state index in [1.807, 2.05) is 0 Å². The molecule has 1 fully saturated rings. The van der Waals surface area contributed by atoms with Crippen molar-refractivity contribution in [2.75, 3.05) is 33.4 Å². The summed E-state index contributed by atoms with van der Waals surface area (Å²) in [5.41, 5.74) is -0.562. The Balaban J connectivity index is 1.82. The predicted molar refractivity (Wildman–Crippen MR) is 119 cm³/mol. The largest absolute Gasteiger partial charge is 0.444 e. The Hall–Kier alpha value is -2.04. The molecule has 3 rings (SSSR count). The maximum absolute atomic E-state index is 13.5. The lowest BCUT2D eigenvalue weighted by molar-refractivity contribution is -0.163. The van der Waals surface area contributed by atoms with Crippen molar-refractivity contribution in [1.82, 2.24) is 9.80 Å². The number of alkyl halides is 3. The molecule has 11 heteroatoms. The first-order valence-electron chi connectivity index (χ1n) is 11.0. The molecule has 0 N–H and O–H groups in total. The number of hydrogen-bond donors (Lipinski definition) is 0. The number of amides is 2. The minimum atomic E-state index is -4.51. The van der Waals surface area contributed by atoms with E-state index in [0.717, 1.165) is 12.1 Å². The molecule has 2 aliphatic rings. The number of ether oxygens (including phenoxy) is 3. The molecule has 0 spiro atoms. The number of methoxy groups -OCH3 is 1. The maximum atomic E-state index is 13.5. The highest BCUT2D eigenvalue weighted by Crippen LogP contribution is 2.40. The summed E-state index contributed by atoms with van der Waals surface area (Å²) in [4.78, 5) is 29.1. The molecule has 2 heterocycles. The Bertz CT molecular complexity index is 934. The second-order valence-electron chi connectivity index (χ2n) is 9.57. The monoisotopic (exact) mass is 506 g/mol. The Kier molecular flexibility index (Phi) is 7.74. The fraction of sp³-hybridized carbons (Fsp3) is 0.652. The molecule has 0 saturated carbocycles. The van der Waals surface area contributed by atoms with E-state index in [1.165, 1.54) is 16.9 Å². The van der Waals surface area contributed by atoms with E-state index in [-0.39, 0.29) is 43.6 Å². The van der Waals surface area contributed by atoms with E-state index in [1.54, 1.807) is 27.7 Å². The molecule has 34 heavy (non-hydrogen) atoms. The van der Waals surface area contributed by atoms with Crippen molar-refractivity contribution >= 4 is 23.6 Å². The standard InChI is InChI=1S/C23H30ClF3N2O5/c1-13-19-14(8-15(9-17(19)24)23(25,26)27)6-7-29(13)20(30)18-11-28(10-16(33-18)12-32-5)21(31)34-22(2,3)4/h8-9,13,16,18H,6-7,10-12H2,1-5H3/t13-,16-,18+/m0/s1. The number of carbonyl (C=O) groups excluding carboxylic acids is 2. The Morgan fingerprint density at radius 3 is 2.47 bits per heavy atom. The van der Waals surface area contributed by atoms with Crippen LogP contribution < -0.4 is 0 Å². The number of carbonyl (C=O) groups is 2. The van der Waals surface area contributed by atoms with Crippen LogP contribution in [0.3, 0.4) is 0 Å². The van der Waals surface area contributed by atoms with Gasteiger partial charge in [0.05, 0.1) is 37.4 Å². The number of halogens is 4. The number of rotatable bonds is 3. The molecule has 0 radical (unpaired) electrons. The zero-order valence-electron chi connectivity index (χ0n) is 19.9. The first kappa shape index (κ1) is 26.6. The summed E-state index contributed by atoms with van der Waals surface area (Å²) in [7, 11) is 1.49. The van der Waals surface area contributed by atoms with Gasteiger partial charge in [0.15, 0.2) is 6.10 Å². The van der Waals surface area contributed by atoms with Gasteiger partial charge in [0.25, 0.3) is 5.91 Å². The van der Waals surface area contributed by atoms with Gasteiger partial charge in [-0.1, -0.05) is 11.6 Å². The average molecular weight is 507 g/mol. The van der Waals surface area contributed by atoms with Gasteiger partial charge in [0.2, 0.25) is 0 Å². The Morgan fingerprint density at radius 2 is 1.88 bits per heavy atom. The average Bonchev–Trinajstić information content (AvgIpc) is 2.71. The smallest absolute Gasteiger partial charge is 0.416 e. The molecular weight excluding hydrogens is 477 g/mol. The summed E-state index contributed by atoms with van der Waals surface area (Å²) in [6, 6.07) is 1.42. The van der Waals surface area contributed by atoms with Gasteiger partial charge in [0.1, 0.15) is 5.60 Å². The minimum Gasteiger partial charge on any atom is -0.444 e. The van der Waals surface area contributed by atoms with Gasteiger partial charge >= 0.3 is 12.3 Å². The van der Waals surface area contributed by atoms with Crippen molar-refractivity contribution in [3.63, 3.8) is 0 Å². The van der Waals surface area contributed by atoms with Gasteiger partial charge in [-0.25, -0.2) is 4.79 Å². The fourth-order valence-electron chi connectivity index (χ4n) is 4.32. The molecule has 3 atom stereocenters. The lowest BCUT2D eigenvalue weighted by Crippen LogP contribution is -2.58. The summed E-state index contributed by atoms with van der Waals surface area (Å²) in [6.45, 7) is 7.54. The Labute approximate surface area is 202 Å². The lowest BCUT2D eigenvalue weighted by Gasteiger charge is -2.42. The van der Waals surface area contributed by atoms with Crippen LogP contribution in [-0.4, -0.2) is 73.0 Å². The number of hydrogen-bond acceptors (Lipinski definition) is 5. The van der Waals surface area contributed by atoms with Gasteiger partial charge in [-0.15, -0.1) is 0 Å². The molecule has 0 unspecified atom stereocenters. The van der Waals surface area contributed by atoms with Crippen LogP contribution in [0.1, 0.15) is 50.4 Å². The molecule has 0 bridgehead atoms. The molecular formula is C23H30ClF3N2O5. The molecule has 0 aromatic heterocycles. The Morgan fingerprint density at radius 1 is 1.21 bits per heavy atom. The fourth-order valence-corrected chi connectivity index (χ4v) is 4.71. The number of fused-ring (bicyclic) bond motifs is 1. The third kappa shape index (κ3) is 5.95. The molecule has 190 valence electrons. The molecule has 1 aromatic rings. The van der Waals surface area contributed by atoms with Crippen LogP contribution in [-0.2, 0) is 31.6 Å². The van der Waals surface area contributed by atoms with Crippen LogP contribution in [0.5, 0.6) is 0 Å². The number of nitrogens with zero attached hydrogens (tertiary/aromatic N) is 2. The van der Waals surface area contributed by atoms with Crippen molar-refractivity contribution in [1.29, 1.82) is 0 Å². The van der Waals surface area contributed by atoms with Gasteiger partial charge in [-0.05, 0) is 57.4 Å². The topological polar surface area (TPSA) is 68.3 Å². The van der Waals surface area contributed by atoms with E-state index in [4.69, 9.17) is 25.8 Å². The SMILES string of the molecule is COC[C@@H]1CN(C(=O)OC(C)(C)C)C[C@H](C(=O)N2CCc3cc(C(F)(F)F)cc(Cl)c3[C@@H]2C)O1. The zero-order chi connectivity index (χ0) is 25.4. The van der Waals surface area contributed by atoms with Crippen molar-refractivity contribution in [3.8, 4) is 0 Å². The van der Waals surface area contributed by atoms with Crippen molar-refractivity contribution in [3.05, 3.63) is 33.8 Å². The van der Waals surface area contributed by atoms with Crippen molar-refractivity contribution in [2.24, 2.45) is 0 Å². The van der Waals surface area contributed by atoms with Gasteiger partial charge in [-0.3, -0.25) is 4.79 Å². The van der Waals surface area contributed by atoms with E-state index < -0.39 is 41.7 Å². The van der Waals surface area contributed by atoms with E-state index in [0.29, 0.717) is 11.1 Å². The van der Waals surface area contributed by atoms with E-state index >= 15 is 0 Å². The lowest BCUT2D eigenvalue weighted by atomic mass is 9.91. The van der Waals surface area contributed by atoms with Gasteiger partial charge in [0, 0.05) is 18.7 Å². The first-order valence-corrected chi connectivity index (χ1v) is 11.4. The molecule has 2 aliphatic heterocycles. The maximum Gasteiger partial charge on any atom is 0.416 e. The third-order valence-corrected chi connectivity index (χ3v) is 6.09. The highest BCUT2D eigenvalue weighted by molar-refractivity contribution is 6.31. The van der Waals surface area contributed by atoms with Gasteiger partial charge in [-0.2, -0.15) is 13.2 Å². The van der Waals surface area contributed by atoms with Crippen LogP contribution in [0.25, 0.3) is 0 Å². The highest BCUT2D eigenvalue weighted by atomic mass is 35.5. The molecule has 7 nitrogen and oxygen atoms in total. The van der Waals surface area contributed by atoms with E-state index in [9.17, 15) is 22.8 Å². The third-order valence-electron chi connectivity index (χ3n) is 5.78. The predicted octanol–water partition coefficient (Wildman–Crippen LogP) is 4.46. The summed E-state index contributed by atoms with van der Waals surface area (Å²) < 4.78 is 56.1. The molecule has 0 aliphatic carbocycles. The normalized spacial score (nSPS) is 23.5. The molecule has 2 amide bonds. The van der Waals surface area contributed by atoms with Crippen LogP contribution in [0.2, 0.25) is 5.02 Å². The van der Waals surface area contributed by atoms with Crippen LogP contribution in [0, 0.1) is 0 Å². The quantitative estimate of drug-likeness (QED) is 0.605. The van der Waals surface area contributed by atoms with Crippen molar-refractivity contribution in [2.45, 2.75) is 64.1 Å². The molecule has 1 saturated heterocycles.